The van der Waals surface area contributed by atoms with Crippen LogP contribution in [0, 0.1) is 5.82 Å². The second-order valence-electron chi connectivity index (χ2n) is 8.19. The van der Waals surface area contributed by atoms with Crippen LogP contribution in [0.15, 0.2) is 53.5 Å². The van der Waals surface area contributed by atoms with Crippen LogP contribution in [0.2, 0.25) is 0 Å². The summed E-state index contributed by atoms with van der Waals surface area (Å²) in [6.07, 6.45) is -1.33. The number of amides is 3. The maximum atomic E-state index is 14.6. The number of rotatable bonds is 4. The van der Waals surface area contributed by atoms with Gasteiger partial charge in [-0.2, -0.15) is 0 Å². The Labute approximate surface area is 185 Å². The molecule has 2 N–H and O–H groups in total. The van der Waals surface area contributed by atoms with E-state index in [0.29, 0.717) is 11.3 Å². The van der Waals surface area contributed by atoms with Gasteiger partial charge in [0.05, 0.1) is 11.4 Å². The summed E-state index contributed by atoms with van der Waals surface area (Å²) in [5.41, 5.74) is 0.808. The Hall–Kier alpha value is -3.75. The van der Waals surface area contributed by atoms with Gasteiger partial charge in [-0.15, -0.1) is 0 Å². The zero-order valence-corrected chi connectivity index (χ0v) is 18.3. The van der Waals surface area contributed by atoms with E-state index in [1.54, 1.807) is 70.3 Å². The highest BCUT2D eigenvalue weighted by Crippen LogP contribution is 2.27. The first-order valence-corrected chi connectivity index (χ1v) is 10.0. The van der Waals surface area contributed by atoms with E-state index in [1.807, 2.05) is 0 Å². The Morgan fingerprint density at radius 2 is 1.72 bits per heavy atom. The maximum Gasteiger partial charge on any atom is 0.325 e. The number of hydrogen-bond donors (Lipinski definition) is 2. The van der Waals surface area contributed by atoms with Crippen LogP contribution in [-0.4, -0.2) is 49.0 Å². The van der Waals surface area contributed by atoms with Crippen molar-refractivity contribution < 1.29 is 23.5 Å². The van der Waals surface area contributed by atoms with Gasteiger partial charge in [-0.3, -0.25) is 9.59 Å². The molecule has 0 radical (unpaired) electrons. The summed E-state index contributed by atoms with van der Waals surface area (Å²) in [5.74, 6) is -1.65. The largest absolute Gasteiger partial charge is 0.459 e. The normalized spacial score (nSPS) is 15.9. The summed E-state index contributed by atoms with van der Waals surface area (Å²) in [7, 11) is 1.55. The lowest BCUT2D eigenvalue weighted by atomic mass is 10.00. The number of aliphatic imine (C=N–C) groups is 1. The molecule has 3 rings (SSSR count). The highest BCUT2D eigenvalue weighted by molar-refractivity contribution is 6.20. The van der Waals surface area contributed by atoms with Gasteiger partial charge in [0.1, 0.15) is 18.0 Å². The maximum absolute atomic E-state index is 14.6. The molecule has 1 unspecified atom stereocenters. The number of nitrogens with one attached hydrogen (secondary N) is 2. The smallest absolute Gasteiger partial charge is 0.325 e. The number of likely N-dealkylation sites (N-methyl/N-ethyl adjacent to an activating group) is 1. The average molecular weight is 440 g/mol. The Balaban J connectivity index is 1.88. The van der Waals surface area contributed by atoms with Crippen molar-refractivity contribution in [3.8, 4) is 0 Å². The van der Waals surface area contributed by atoms with Gasteiger partial charge in [-0.25, -0.2) is 14.2 Å². The number of urea groups is 1. The Kier molecular flexibility index (Phi) is 6.57. The summed E-state index contributed by atoms with van der Waals surface area (Å²) in [6, 6.07) is 12.2. The summed E-state index contributed by atoms with van der Waals surface area (Å²) in [6.45, 7) is 4.74. The molecule has 1 aliphatic rings. The van der Waals surface area contributed by atoms with Gasteiger partial charge in [0.15, 0.2) is 0 Å². The second kappa shape index (κ2) is 9.17. The molecular weight excluding hydrogens is 415 g/mol. The van der Waals surface area contributed by atoms with E-state index < -0.39 is 35.5 Å². The van der Waals surface area contributed by atoms with Crippen LogP contribution in [-0.2, 0) is 14.3 Å². The lowest BCUT2D eigenvalue weighted by molar-refractivity contribution is -0.153. The standard InChI is InChI=1S/C23H25FN4O4/c1-23(2,3)32-18(29)13-25-22(31)27-20-21(30)28(4)17-12-8-6-10-15(17)19(26-20)14-9-5-7-11-16(14)24/h5-12,20H,13H2,1-4H3,(H2,25,27,31). The number of carbonyl (C=O) groups excluding carboxylic acids is 3. The van der Waals surface area contributed by atoms with Crippen molar-refractivity contribution in [1.82, 2.24) is 10.6 Å². The fourth-order valence-electron chi connectivity index (χ4n) is 3.19. The molecule has 2 aromatic rings. The van der Waals surface area contributed by atoms with E-state index in [1.165, 1.54) is 11.0 Å². The van der Waals surface area contributed by atoms with Crippen molar-refractivity contribution in [1.29, 1.82) is 0 Å². The third kappa shape index (κ3) is 5.29. The number of carbonyl (C=O) groups is 3. The van der Waals surface area contributed by atoms with Crippen LogP contribution in [0.25, 0.3) is 0 Å². The first-order chi connectivity index (χ1) is 15.1. The predicted octanol–water partition coefficient (Wildman–Crippen LogP) is 2.61. The zero-order chi connectivity index (χ0) is 23.5. The molecule has 1 aliphatic heterocycles. The van der Waals surface area contributed by atoms with Gasteiger partial charge < -0.3 is 20.3 Å². The summed E-state index contributed by atoms with van der Waals surface area (Å²) in [4.78, 5) is 43.0. The number of para-hydroxylation sites is 1. The Bertz CT molecular complexity index is 1080. The van der Waals surface area contributed by atoms with Crippen LogP contribution in [0.4, 0.5) is 14.9 Å². The number of esters is 1. The van der Waals surface area contributed by atoms with Crippen molar-refractivity contribution in [2.45, 2.75) is 32.5 Å². The van der Waals surface area contributed by atoms with E-state index in [2.05, 4.69) is 15.6 Å². The molecule has 2 aromatic carbocycles. The SMILES string of the molecule is CN1C(=O)C(NC(=O)NCC(=O)OC(C)(C)C)N=C(c2ccccc2F)c2ccccc21. The molecule has 1 heterocycles. The molecule has 8 nitrogen and oxygen atoms in total. The second-order valence-corrected chi connectivity index (χ2v) is 8.19. The van der Waals surface area contributed by atoms with Crippen LogP contribution >= 0.6 is 0 Å². The molecule has 0 saturated heterocycles. The first kappa shape index (κ1) is 22.9. The summed E-state index contributed by atoms with van der Waals surface area (Å²) >= 11 is 0. The van der Waals surface area contributed by atoms with Crippen molar-refractivity contribution >= 4 is 29.3 Å². The minimum Gasteiger partial charge on any atom is -0.459 e. The molecule has 0 spiro atoms. The van der Waals surface area contributed by atoms with Gasteiger partial charge in [0.2, 0.25) is 6.17 Å². The molecule has 168 valence electrons. The van der Waals surface area contributed by atoms with E-state index in [-0.39, 0.29) is 17.8 Å². The number of ether oxygens (including phenoxy) is 1. The van der Waals surface area contributed by atoms with Gasteiger partial charge in [0.25, 0.3) is 5.91 Å². The first-order valence-electron chi connectivity index (χ1n) is 10.0. The minimum absolute atomic E-state index is 0.198. The van der Waals surface area contributed by atoms with E-state index in [9.17, 15) is 18.8 Å². The molecule has 0 aliphatic carbocycles. The van der Waals surface area contributed by atoms with E-state index in [4.69, 9.17) is 4.74 Å². The molecule has 32 heavy (non-hydrogen) atoms. The lowest BCUT2D eigenvalue weighted by Crippen LogP contribution is -2.50. The van der Waals surface area contributed by atoms with Crippen molar-refractivity contribution in [3.05, 3.63) is 65.5 Å². The number of benzene rings is 2. The molecule has 0 fully saturated rings. The Morgan fingerprint density at radius 1 is 1.09 bits per heavy atom. The molecule has 0 saturated carbocycles. The highest BCUT2D eigenvalue weighted by atomic mass is 19.1. The number of nitrogens with zero attached hydrogens (tertiary/aromatic N) is 2. The van der Waals surface area contributed by atoms with Crippen molar-refractivity contribution in [2.75, 3.05) is 18.5 Å². The van der Waals surface area contributed by atoms with Gasteiger partial charge in [-0.1, -0.05) is 30.3 Å². The van der Waals surface area contributed by atoms with Gasteiger partial charge >= 0.3 is 12.0 Å². The van der Waals surface area contributed by atoms with Crippen LogP contribution < -0.4 is 15.5 Å². The summed E-state index contributed by atoms with van der Waals surface area (Å²) < 4.78 is 19.7. The lowest BCUT2D eigenvalue weighted by Gasteiger charge is -2.21. The van der Waals surface area contributed by atoms with Gasteiger partial charge in [0, 0.05) is 18.2 Å². The summed E-state index contributed by atoms with van der Waals surface area (Å²) in [5, 5.41) is 4.81. The van der Waals surface area contributed by atoms with Crippen LogP contribution in [0.1, 0.15) is 31.9 Å². The molecule has 9 heteroatoms. The fraction of sp³-hybridized carbons (Fsp3) is 0.304. The minimum atomic E-state index is -1.33. The highest BCUT2D eigenvalue weighted by Gasteiger charge is 2.31. The van der Waals surface area contributed by atoms with Crippen LogP contribution in [0.5, 0.6) is 0 Å². The number of anilines is 1. The number of benzodiazepines with no additional fused rings is 1. The fourth-order valence-corrected chi connectivity index (χ4v) is 3.19. The molecular formula is C23H25FN4O4. The number of hydrogen-bond acceptors (Lipinski definition) is 5. The predicted molar refractivity (Wildman–Crippen MR) is 118 cm³/mol. The van der Waals surface area contributed by atoms with Crippen LogP contribution in [0.3, 0.4) is 0 Å². The molecule has 1 atom stereocenters. The molecule has 3 amide bonds. The van der Waals surface area contributed by atoms with Crippen molar-refractivity contribution in [2.24, 2.45) is 4.99 Å². The quantitative estimate of drug-likeness (QED) is 0.714. The van der Waals surface area contributed by atoms with Gasteiger partial charge in [-0.05, 0) is 39.0 Å². The number of fused-ring (bicyclic) bond motifs is 1. The molecule has 0 aromatic heterocycles. The monoisotopic (exact) mass is 440 g/mol. The topological polar surface area (TPSA) is 100 Å². The average Bonchev–Trinajstić information content (AvgIpc) is 2.82. The Morgan fingerprint density at radius 3 is 2.38 bits per heavy atom. The van der Waals surface area contributed by atoms with E-state index >= 15 is 0 Å². The van der Waals surface area contributed by atoms with Crippen molar-refractivity contribution in [3.63, 3.8) is 0 Å². The van der Waals surface area contributed by atoms with E-state index in [0.717, 1.165) is 0 Å². The number of halogens is 1. The third-order valence-electron chi connectivity index (χ3n) is 4.55. The third-order valence-corrected chi connectivity index (χ3v) is 4.55. The zero-order valence-electron chi connectivity index (χ0n) is 18.3. The molecule has 0 bridgehead atoms.